The molecule has 59 heavy (non-hydrogen) atoms. The Hall–Kier alpha value is -5.25. The summed E-state index contributed by atoms with van der Waals surface area (Å²) in [6.45, 7) is 4.96. The third kappa shape index (κ3) is 10.3. The molecule has 2 aliphatic rings. The summed E-state index contributed by atoms with van der Waals surface area (Å²) in [6, 6.07) is 36.5. The average Bonchev–Trinajstić information content (AvgIpc) is 4.08. The maximum atomic E-state index is 13.8. The minimum atomic E-state index is -4.26. The van der Waals surface area contributed by atoms with Gasteiger partial charge in [0.2, 0.25) is 0 Å². The van der Waals surface area contributed by atoms with E-state index >= 15 is 0 Å². The van der Waals surface area contributed by atoms with E-state index in [0.29, 0.717) is 27.7 Å². The number of thioether (sulfide) groups is 1. The lowest BCUT2D eigenvalue weighted by atomic mass is 9.99. The van der Waals surface area contributed by atoms with Crippen molar-refractivity contribution in [2.24, 2.45) is 0 Å². The molecule has 5 aromatic carbocycles. The van der Waals surface area contributed by atoms with Crippen LogP contribution in [-0.4, -0.2) is 78.8 Å². The zero-order valence-electron chi connectivity index (χ0n) is 32.3. The van der Waals surface area contributed by atoms with E-state index in [1.54, 1.807) is 11.8 Å². The summed E-state index contributed by atoms with van der Waals surface area (Å²) in [7, 11) is -4.26. The molecule has 0 amide bonds. The number of benzene rings is 5. The molecule has 1 atom stereocenters. The lowest BCUT2D eigenvalue weighted by molar-refractivity contribution is -0.384. The van der Waals surface area contributed by atoms with Crippen LogP contribution in [0.5, 0.6) is 0 Å². The number of piperazine rings is 1. The van der Waals surface area contributed by atoms with Gasteiger partial charge in [-0.05, 0) is 97.1 Å². The van der Waals surface area contributed by atoms with Crippen LogP contribution in [-0.2, 0) is 16.6 Å². The van der Waals surface area contributed by atoms with Gasteiger partial charge in [-0.3, -0.25) is 19.7 Å². The van der Waals surface area contributed by atoms with Gasteiger partial charge in [0, 0.05) is 77.6 Å². The van der Waals surface area contributed by atoms with Crippen LogP contribution in [0.25, 0.3) is 22.0 Å². The zero-order chi connectivity index (χ0) is 40.8. The van der Waals surface area contributed by atoms with Crippen molar-refractivity contribution in [1.82, 2.24) is 20.2 Å². The molecule has 1 aliphatic carbocycles. The fraction of sp³-hybridized carbons (Fsp3) is 0.273. The van der Waals surface area contributed by atoms with E-state index in [1.807, 2.05) is 60.7 Å². The van der Waals surface area contributed by atoms with Crippen LogP contribution in [0, 0.1) is 10.1 Å². The maximum absolute atomic E-state index is 13.8. The normalized spacial score (nSPS) is 15.2. The van der Waals surface area contributed by atoms with Gasteiger partial charge in [0.05, 0.1) is 15.3 Å². The Labute approximate surface area is 353 Å². The van der Waals surface area contributed by atoms with E-state index in [2.05, 4.69) is 71.5 Å². The number of nitro benzene ring substituents is 1. The van der Waals surface area contributed by atoms with Gasteiger partial charge in [-0.2, -0.15) is 0 Å². The quantitative estimate of drug-likeness (QED) is 0.0461. The molecule has 15 heteroatoms. The van der Waals surface area contributed by atoms with Crippen molar-refractivity contribution < 1.29 is 13.3 Å². The Morgan fingerprint density at radius 2 is 1.64 bits per heavy atom. The minimum Gasteiger partial charge on any atom is -0.376 e. The predicted octanol–water partition coefficient (Wildman–Crippen LogP) is 8.70. The first-order valence-corrected chi connectivity index (χ1v) is 22.6. The van der Waals surface area contributed by atoms with Crippen molar-refractivity contribution in [2.45, 2.75) is 47.7 Å². The van der Waals surface area contributed by atoms with Gasteiger partial charge in [-0.15, -0.1) is 11.8 Å². The maximum Gasteiger partial charge on any atom is 0.293 e. The van der Waals surface area contributed by atoms with E-state index in [-0.39, 0.29) is 28.1 Å². The first-order chi connectivity index (χ1) is 28.7. The number of hydrogen-bond donors (Lipinski definition) is 3. The van der Waals surface area contributed by atoms with Gasteiger partial charge in [-0.1, -0.05) is 66.2 Å². The standard InChI is InChI=1S/C44H45ClN8O4S2/c45-33-12-10-31(11-13-33)39-9-5-4-6-32(39)28-51-22-24-52(25-23-51)36-16-18-40-42(26-36)47-30-48-44(40)50-59(56,57)38-17-19-41(43(27-38)53(54)55)49-35(20-21-46-34-14-15-34)29-58-37-7-2-1-3-8-37/h1-13,16-19,26-27,30,34-35,46,49H,14-15,20-25,28-29H2,(H,47,48,50). The molecule has 0 spiro atoms. The second-order valence-corrected chi connectivity index (χ2v) is 18.1. The Kier molecular flexibility index (Phi) is 12.6. The molecule has 2 heterocycles. The number of halogens is 1. The summed E-state index contributed by atoms with van der Waals surface area (Å²) in [5.41, 5.74) is 5.11. The molecule has 1 saturated carbocycles. The van der Waals surface area contributed by atoms with Crippen molar-refractivity contribution >= 4 is 67.2 Å². The summed E-state index contributed by atoms with van der Waals surface area (Å²) in [5.74, 6) is 0.769. The highest BCUT2D eigenvalue weighted by Gasteiger charge is 2.26. The molecule has 0 bridgehead atoms. The largest absolute Gasteiger partial charge is 0.376 e. The van der Waals surface area contributed by atoms with Gasteiger partial charge in [0.1, 0.15) is 12.0 Å². The van der Waals surface area contributed by atoms with Crippen molar-refractivity contribution in [3.8, 4) is 11.1 Å². The number of sulfonamides is 1. The molecule has 12 nitrogen and oxygen atoms in total. The number of nitrogens with one attached hydrogen (secondary N) is 3. The lowest BCUT2D eigenvalue weighted by Gasteiger charge is -2.36. The van der Waals surface area contributed by atoms with Crippen molar-refractivity contribution in [3.05, 3.63) is 142 Å². The lowest BCUT2D eigenvalue weighted by Crippen LogP contribution is -2.46. The van der Waals surface area contributed by atoms with E-state index in [9.17, 15) is 18.5 Å². The third-order valence-corrected chi connectivity index (χ3v) is 13.5. The molecule has 1 aliphatic heterocycles. The average molecular weight is 849 g/mol. The number of nitrogens with zero attached hydrogens (tertiary/aromatic N) is 5. The van der Waals surface area contributed by atoms with E-state index in [1.165, 1.54) is 42.4 Å². The summed E-state index contributed by atoms with van der Waals surface area (Å²) >= 11 is 7.81. The summed E-state index contributed by atoms with van der Waals surface area (Å²) < 4.78 is 30.1. The second kappa shape index (κ2) is 18.3. The molecule has 3 N–H and O–H groups in total. The number of nitro groups is 1. The van der Waals surface area contributed by atoms with Gasteiger partial charge in [0.15, 0.2) is 5.82 Å². The monoisotopic (exact) mass is 848 g/mol. The summed E-state index contributed by atoms with van der Waals surface area (Å²) in [5, 5.41) is 20.5. The van der Waals surface area contributed by atoms with Gasteiger partial charge >= 0.3 is 0 Å². The second-order valence-electron chi connectivity index (χ2n) is 14.9. The predicted molar refractivity (Wildman–Crippen MR) is 238 cm³/mol. The SMILES string of the molecule is O=[N+]([O-])c1cc(S(=O)(=O)Nc2ncnc3cc(N4CCN(Cc5ccccc5-c5ccc(Cl)cc5)CC4)ccc23)ccc1NC(CCNC1CC1)CSc1ccccc1. The molecule has 1 saturated heterocycles. The zero-order valence-corrected chi connectivity index (χ0v) is 34.7. The molecule has 2 fully saturated rings. The van der Waals surface area contributed by atoms with Crippen LogP contribution >= 0.6 is 23.4 Å². The van der Waals surface area contributed by atoms with E-state index < -0.39 is 14.9 Å². The van der Waals surface area contributed by atoms with E-state index in [0.717, 1.165) is 67.9 Å². The number of hydrogen-bond acceptors (Lipinski definition) is 11. The van der Waals surface area contributed by atoms with Gasteiger partial charge in [0.25, 0.3) is 15.7 Å². The highest BCUT2D eigenvalue weighted by atomic mass is 35.5. The number of fused-ring (bicyclic) bond motifs is 1. The topological polar surface area (TPSA) is 146 Å². The highest BCUT2D eigenvalue weighted by molar-refractivity contribution is 7.99. The molecular formula is C44H45ClN8O4S2. The number of anilines is 3. The molecule has 0 radical (unpaired) electrons. The Morgan fingerprint density at radius 1 is 0.881 bits per heavy atom. The van der Waals surface area contributed by atoms with Crippen LogP contribution in [0.4, 0.5) is 22.9 Å². The van der Waals surface area contributed by atoms with Crippen LogP contribution in [0.2, 0.25) is 5.02 Å². The fourth-order valence-corrected chi connectivity index (χ4v) is 9.48. The van der Waals surface area contributed by atoms with E-state index in [4.69, 9.17) is 11.6 Å². The number of rotatable bonds is 17. The van der Waals surface area contributed by atoms with Crippen LogP contribution in [0.15, 0.2) is 131 Å². The molecule has 6 aromatic rings. The molecule has 8 rings (SSSR count). The first-order valence-electron chi connectivity index (χ1n) is 19.7. The number of aromatic nitrogens is 2. The van der Waals surface area contributed by atoms with Crippen molar-refractivity contribution in [2.75, 3.05) is 53.4 Å². The molecule has 304 valence electrons. The Bertz CT molecular complexity index is 2520. The molecular weight excluding hydrogens is 804 g/mol. The molecule has 1 unspecified atom stereocenters. The smallest absolute Gasteiger partial charge is 0.293 e. The van der Waals surface area contributed by atoms with Gasteiger partial charge < -0.3 is 15.5 Å². The minimum absolute atomic E-state index is 0.0942. The van der Waals surface area contributed by atoms with Crippen LogP contribution in [0.1, 0.15) is 24.8 Å². The highest BCUT2D eigenvalue weighted by Crippen LogP contribution is 2.33. The fourth-order valence-electron chi connectivity index (χ4n) is 7.32. The Morgan fingerprint density at radius 3 is 2.41 bits per heavy atom. The summed E-state index contributed by atoms with van der Waals surface area (Å²) in [6.07, 6.45) is 4.40. The summed E-state index contributed by atoms with van der Waals surface area (Å²) in [4.78, 5) is 26.1. The van der Waals surface area contributed by atoms with Gasteiger partial charge in [-0.25, -0.2) is 18.4 Å². The molecule has 1 aromatic heterocycles. The van der Waals surface area contributed by atoms with Crippen LogP contribution in [0.3, 0.4) is 0 Å². The first kappa shape index (κ1) is 40.5. The van der Waals surface area contributed by atoms with Crippen molar-refractivity contribution in [3.63, 3.8) is 0 Å². The third-order valence-electron chi connectivity index (χ3n) is 10.7. The van der Waals surface area contributed by atoms with Crippen LogP contribution < -0.4 is 20.3 Å². The Balaban J connectivity index is 0.930. The van der Waals surface area contributed by atoms with Crippen molar-refractivity contribution in [1.29, 1.82) is 0 Å².